The van der Waals surface area contributed by atoms with Crippen molar-refractivity contribution in [2.75, 3.05) is 14.1 Å². The van der Waals surface area contributed by atoms with Crippen LogP contribution in [0.3, 0.4) is 0 Å². The number of benzene rings is 1. The molecule has 4 atom stereocenters. The maximum absolute atomic E-state index is 14.8. The number of amides is 4. The summed E-state index contributed by atoms with van der Waals surface area (Å²) in [5.74, 6) is -4.13. The summed E-state index contributed by atoms with van der Waals surface area (Å²) in [7, 11) is 5.01. The van der Waals surface area contributed by atoms with Gasteiger partial charge < -0.3 is 34.7 Å². The Morgan fingerprint density at radius 3 is 1.88 bits per heavy atom. The number of hydrogen-bond acceptors (Lipinski definition) is 8. The minimum atomic E-state index is -1.44. The fraction of sp³-hybridized carbons (Fsp3) is 0.628. The molecule has 1 heterocycles. The molecule has 0 aliphatic rings. The summed E-state index contributed by atoms with van der Waals surface area (Å²) in [6.45, 7) is 24.6. The number of hydrogen-bond donors (Lipinski definition) is 3. The van der Waals surface area contributed by atoms with Crippen molar-refractivity contribution in [2.24, 2.45) is 18.4 Å². The largest absolute Gasteiger partial charge is 0.481 e. The van der Waals surface area contributed by atoms with Crippen LogP contribution in [0.25, 0.3) is 10.9 Å². The highest BCUT2D eigenvalue weighted by atomic mass is 16.6. The van der Waals surface area contributed by atoms with Gasteiger partial charge >= 0.3 is 18.0 Å². The van der Waals surface area contributed by atoms with E-state index in [1.54, 1.807) is 54.7 Å². The average molecular weight is 798 g/mol. The summed E-state index contributed by atoms with van der Waals surface area (Å²) in [6, 6.07) is 3.44. The van der Waals surface area contributed by atoms with Crippen LogP contribution < -0.4 is 10.6 Å². The fourth-order valence-electron chi connectivity index (χ4n) is 6.75. The van der Waals surface area contributed by atoms with Crippen LogP contribution in [-0.2, 0) is 45.9 Å². The predicted molar refractivity (Wildman–Crippen MR) is 220 cm³/mol. The maximum atomic E-state index is 14.8. The normalized spacial score (nSPS) is 14.9. The molecule has 0 spiro atoms. The van der Waals surface area contributed by atoms with Gasteiger partial charge in [0.2, 0.25) is 17.7 Å². The number of aryl methyl sites for hydroxylation is 1. The molecule has 0 radical (unpaired) electrons. The first-order valence-corrected chi connectivity index (χ1v) is 19.3. The van der Waals surface area contributed by atoms with Gasteiger partial charge in [-0.15, -0.1) is 0 Å². The van der Waals surface area contributed by atoms with E-state index < -0.39 is 88.4 Å². The van der Waals surface area contributed by atoms with Gasteiger partial charge in [-0.3, -0.25) is 24.1 Å². The lowest BCUT2D eigenvalue weighted by molar-refractivity contribution is -0.160. The van der Waals surface area contributed by atoms with E-state index in [0.717, 1.165) is 16.5 Å². The molecule has 3 N–H and O–H groups in total. The van der Waals surface area contributed by atoms with Crippen molar-refractivity contribution in [1.29, 1.82) is 0 Å². The molecule has 2 aromatic rings. The third-order valence-corrected chi connectivity index (χ3v) is 9.62. The number of nitrogens with one attached hydrogen (secondary N) is 2. The molecule has 2 rings (SSSR count). The minimum Gasteiger partial charge on any atom is -0.481 e. The Morgan fingerprint density at radius 1 is 0.842 bits per heavy atom. The van der Waals surface area contributed by atoms with E-state index in [0.29, 0.717) is 0 Å². The highest BCUT2D eigenvalue weighted by Crippen LogP contribution is 2.37. The van der Waals surface area contributed by atoms with E-state index in [4.69, 9.17) is 9.47 Å². The number of carbonyl (C=O) groups excluding carboxylic acids is 5. The number of likely N-dealkylation sites (N-methyl/N-ethyl adjacent to an activating group) is 2. The molecule has 318 valence electrons. The van der Waals surface area contributed by atoms with E-state index in [2.05, 4.69) is 10.6 Å². The Bertz CT molecular complexity index is 1840. The topological polar surface area (TPSA) is 177 Å². The molecular weight excluding hydrogens is 730 g/mol. The van der Waals surface area contributed by atoms with Gasteiger partial charge in [0.1, 0.15) is 29.3 Å². The molecule has 0 aliphatic carbocycles. The second-order valence-corrected chi connectivity index (χ2v) is 18.9. The van der Waals surface area contributed by atoms with Crippen molar-refractivity contribution < 1.29 is 43.3 Å². The summed E-state index contributed by atoms with van der Waals surface area (Å²) in [4.78, 5) is 83.6. The molecule has 1 aromatic carbocycles. The minimum absolute atomic E-state index is 0.138. The van der Waals surface area contributed by atoms with Crippen LogP contribution in [0.5, 0.6) is 0 Å². The van der Waals surface area contributed by atoms with Gasteiger partial charge in [-0.1, -0.05) is 72.7 Å². The van der Waals surface area contributed by atoms with Crippen molar-refractivity contribution in [3.63, 3.8) is 0 Å². The van der Waals surface area contributed by atoms with Crippen LogP contribution in [0.15, 0.2) is 42.1 Å². The Morgan fingerprint density at radius 2 is 1.39 bits per heavy atom. The number of ether oxygens (including phenoxy) is 2. The molecule has 0 saturated carbocycles. The van der Waals surface area contributed by atoms with Crippen molar-refractivity contribution in [2.45, 2.75) is 144 Å². The number of carboxylic acid groups (broad SMARTS) is 1. The summed E-state index contributed by atoms with van der Waals surface area (Å²) >= 11 is 0. The first-order chi connectivity index (χ1) is 25.8. The molecule has 14 nitrogen and oxygen atoms in total. The van der Waals surface area contributed by atoms with Crippen molar-refractivity contribution in [1.82, 2.24) is 25.0 Å². The Hall–Kier alpha value is -4.88. The number of carboxylic acids is 1. The summed E-state index contributed by atoms with van der Waals surface area (Å²) in [5.41, 5.74) is -1.67. The smallest absolute Gasteiger partial charge is 0.410 e. The zero-order chi connectivity index (χ0) is 44.2. The second-order valence-electron chi connectivity index (χ2n) is 18.9. The highest BCUT2D eigenvalue weighted by molar-refractivity contribution is 5.97. The first-order valence-electron chi connectivity index (χ1n) is 19.3. The van der Waals surface area contributed by atoms with E-state index >= 15 is 0 Å². The van der Waals surface area contributed by atoms with Crippen LogP contribution >= 0.6 is 0 Å². The standard InChI is InChI=1S/C43H67N5O9/c1-25(2)31(22-26(3)35(51)44-29(23-32(49)50)38(54)56-41(7,8)9)47(16)37(53)33(40(4,5)6)45-36(52)34(48(17)39(55)57-42(10,11)12)43(13,14)28-24-46(15)30-21-19-18-20-27(28)30/h18-22,24-25,29,31,33-34H,23H2,1-17H3,(H,44,51)(H,45,52)(H,49,50)/b26-22+/t29-,31+,33+,34+/m0/s1. The monoisotopic (exact) mass is 797 g/mol. The Kier molecular flexibility index (Phi) is 15.4. The molecule has 0 saturated heterocycles. The third-order valence-electron chi connectivity index (χ3n) is 9.62. The van der Waals surface area contributed by atoms with E-state index in [-0.39, 0.29) is 11.5 Å². The van der Waals surface area contributed by atoms with E-state index in [1.807, 2.05) is 90.5 Å². The van der Waals surface area contributed by atoms with Crippen LogP contribution in [0.4, 0.5) is 4.79 Å². The molecular formula is C43H67N5O9. The zero-order valence-corrected chi connectivity index (χ0v) is 37.1. The molecule has 1 aromatic heterocycles. The van der Waals surface area contributed by atoms with Crippen LogP contribution in [0.1, 0.15) is 109 Å². The summed E-state index contributed by atoms with van der Waals surface area (Å²) < 4.78 is 13.0. The number of aliphatic carboxylic acids is 1. The first kappa shape index (κ1) is 48.3. The lowest BCUT2D eigenvalue weighted by Gasteiger charge is -2.42. The van der Waals surface area contributed by atoms with Gasteiger partial charge in [0.15, 0.2) is 0 Å². The van der Waals surface area contributed by atoms with Crippen LogP contribution in [0.2, 0.25) is 0 Å². The second kappa shape index (κ2) is 18.1. The molecule has 0 bridgehead atoms. The molecule has 57 heavy (non-hydrogen) atoms. The quantitative estimate of drug-likeness (QED) is 0.154. The van der Waals surface area contributed by atoms with E-state index in [9.17, 15) is 33.9 Å². The SMILES string of the molecule is C/C(=C\[C@H](C(C)C)N(C)C(=O)[C@@H](NC(=O)[C@@H](N(C)C(=O)OC(C)(C)C)C(C)(C)c1cn(C)c2ccccc12)C(C)(C)C)C(=O)N[C@@H](CC(=O)O)C(=O)OC(C)(C)C. The fourth-order valence-corrected chi connectivity index (χ4v) is 6.75. The van der Waals surface area contributed by atoms with E-state index in [1.165, 1.54) is 23.8 Å². The maximum Gasteiger partial charge on any atom is 0.410 e. The number of nitrogens with zero attached hydrogens (tertiary/aromatic N) is 3. The number of esters is 1. The Labute approximate surface area is 338 Å². The van der Waals surface area contributed by atoms with Gasteiger partial charge in [-0.05, 0) is 71.4 Å². The van der Waals surface area contributed by atoms with Gasteiger partial charge in [0, 0.05) is 49.2 Å². The van der Waals surface area contributed by atoms with Crippen molar-refractivity contribution in [3.8, 4) is 0 Å². The van der Waals surface area contributed by atoms with Gasteiger partial charge in [0.05, 0.1) is 12.5 Å². The van der Waals surface area contributed by atoms with Gasteiger partial charge in [-0.2, -0.15) is 0 Å². The number of rotatable bonds is 14. The zero-order valence-electron chi connectivity index (χ0n) is 37.1. The highest BCUT2D eigenvalue weighted by Gasteiger charge is 2.47. The molecule has 0 aliphatic heterocycles. The molecule has 0 fully saturated rings. The number of aromatic nitrogens is 1. The van der Waals surface area contributed by atoms with Crippen molar-refractivity contribution in [3.05, 3.63) is 47.7 Å². The Balaban J connectivity index is 2.58. The summed E-state index contributed by atoms with van der Waals surface area (Å²) in [6.07, 6.45) is 2.13. The average Bonchev–Trinajstić information content (AvgIpc) is 3.39. The molecule has 4 amide bonds. The molecule has 0 unspecified atom stereocenters. The number of para-hydroxylation sites is 1. The summed E-state index contributed by atoms with van der Waals surface area (Å²) in [5, 5.41) is 15.8. The predicted octanol–water partition coefficient (Wildman–Crippen LogP) is 5.95. The third kappa shape index (κ3) is 12.8. The van der Waals surface area contributed by atoms with Gasteiger partial charge in [-0.25, -0.2) is 9.59 Å². The number of carbonyl (C=O) groups is 6. The van der Waals surface area contributed by atoms with Gasteiger partial charge in [0.25, 0.3) is 0 Å². The lowest BCUT2D eigenvalue weighted by atomic mass is 9.76. The lowest BCUT2D eigenvalue weighted by Crippen LogP contribution is -2.63. The van der Waals surface area contributed by atoms with Crippen LogP contribution in [0, 0.1) is 11.3 Å². The van der Waals surface area contributed by atoms with Crippen molar-refractivity contribution >= 4 is 46.7 Å². The van der Waals surface area contributed by atoms with Crippen LogP contribution in [-0.4, -0.2) is 105 Å². The number of fused-ring (bicyclic) bond motifs is 1. The molecule has 14 heteroatoms.